The minimum atomic E-state index is 0.0895. The molecule has 1 unspecified atom stereocenters. The number of rotatable bonds is 5. The molecule has 0 spiro atoms. The molecule has 1 aromatic rings. The molecule has 0 aromatic heterocycles. The van der Waals surface area contributed by atoms with Crippen LogP contribution in [0.1, 0.15) is 24.8 Å². The SMILES string of the molecule is CN=C(NCC1(c2ccc(Br)cc2)CCOCC1)N(C)CC1CCOC1. The Hall–Kier alpha value is -1.11. The van der Waals surface area contributed by atoms with Crippen molar-refractivity contribution in [2.75, 3.05) is 53.6 Å². The summed E-state index contributed by atoms with van der Waals surface area (Å²) in [5.41, 5.74) is 1.46. The lowest BCUT2D eigenvalue weighted by Gasteiger charge is -2.39. The minimum absolute atomic E-state index is 0.0895. The van der Waals surface area contributed by atoms with E-state index in [1.807, 2.05) is 7.05 Å². The lowest BCUT2D eigenvalue weighted by atomic mass is 9.74. The Morgan fingerprint density at radius 2 is 1.96 bits per heavy atom. The van der Waals surface area contributed by atoms with Crippen LogP contribution >= 0.6 is 15.9 Å². The topological polar surface area (TPSA) is 46.1 Å². The van der Waals surface area contributed by atoms with Crippen molar-refractivity contribution >= 4 is 21.9 Å². The van der Waals surface area contributed by atoms with Gasteiger partial charge in [-0.15, -0.1) is 0 Å². The van der Waals surface area contributed by atoms with Gasteiger partial charge in [-0.05, 0) is 37.0 Å². The van der Waals surface area contributed by atoms with E-state index >= 15 is 0 Å². The number of guanidine groups is 1. The number of benzene rings is 1. The van der Waals surface area contributed by atoms with E-state index in [1.165, 1.54) is 5.56 Å². The molecule has 6 heteroatoms. The summed E-state index contributed by atoms with van der Waals surface area (Å²) in [5.74, 6) is 1.56. The van der Waals surface area contributed by atoms with Gasteiger partial charge >= 0.3 is 0 Å². The molecule has 144 valence electrons. The van der Waals surface area contributed by atoms with Gasteiger partial charge in [-0.25, -0.2) is 0 Å². The summed E-state index contributed by atoms with van der Waals surface area (Å²) in [6.07, 6.45) is 3.19. The monoisotopic (exact) mass is 423 g/mol. The fourth-order valence-electron chi connectivity index (χ4n) is 3.97. The summed E-state index contributed by atoms with van der Waals surface area (Å²) in [6, 6.07) is 8.74. The van der Waals surface area contributed by atoms with Crippen LogP contribution in [-0.2, 0) is 14.9 Å². The van der Waals surface area contributed by atoms with Crippen LogP contribution in [0.3, 0.4) is 0 Å². The summed E-state index contributed by atoms with van der Waals surface area (Å²) in [6.45, 7) is 5.22. The number of nitrogens with zero attached hydrogens (tertiary/aromatic N) is 2. The predicted molar refractivity (Wildman–Crippen MR) is 109 cm³/mol. The second-order valence-corrected chi connectivity index (χ2v) is 8.33. The zero-order valence-electron chi connectivity index (χ0n) is 15.8. The van der Waals surface area contributed by atoms with Gasteiger partial charge in [0.25, 0.3) is 0 Å². The first-order chi connectivity index (χ1) is 12.6. The quantitative estimate of drug-likeness (QED) is 0.583. The first-order valence-electron chi connectivity index (χ1n) is 9.46. The highest BCUT2D eigenvalue weighted by Crippen LogP contribution is 2.35. The van der Waals surface area contributed by atoms with Gasteiger partial charge in [-0.3, -0.25) is 4.99 Å². The summed E-state index contributed by atoms with van der Waals surface area (Å²) < 4.78 is 12.3. The maximum atomic E-state index is 5.65. The van der Waals surface area contributed by atoms with Crippen molar-refractivity contribution in [3.05, 3.63) is 34.3 Å². The molecule has 26 heavy (non-hydrogen) atoms. The summed E-state index contributed by atoms with van der Waals surface area (Å²) in [7, 11) is 3.98. The molecule has 1 atom stereocenters. The summed E-state index contributed by atoms with van der Waals surface area (Å²) in [5, 5.41) is 3.63. The number of ether oxygens (including phenoxy) is 2. The third-order valence-electron chi connectivity index (χ3n) is 5.62. The van der Waals surface area contributed by atoms with Crippen LogP contribution in [0.15, 0.2) is 33.7 Å². The molecule has 0 amide bonds. The average Bonchev–Trinajstić information content (AvgIpc) is 3.16. The standard InChI is InChI=1S/C20H30BrN3O2/c1-22-19(24(2)13-16-7-10-26-14-16)23-15-20(8-11-25-12-9-20)17-3-5-18(21)6-4-17/h3-6,16H,7-15H2,1-2H3,(H,22,23). The fraction of sp³-hybridized carbons (Fsp3) is 0.650. The van der Waals surface area contributed by atoms with Gasteiger partial charge in [0, 0.05) is 62.8 Å². The molecule has 0 aliphatic carbocycles. The molecule has 2 aliphatic rings. The second kappa shape index (κ2) is 9.20. The zero-order chi connectivity index (χ0) is 18.4. The van der Waals surface area contributed by atoms with Gasteiger partial charge in [0.2, 0.25) is 0 Å². The van der Waals surface area contributed by atoms with E-state index < -0.39 is 0 Å². The van der Waals surface area contributed by atoms with Gasteiger partial charge in [0.15, 0.2) is 5.96 Å². The Balaban J connectivity index is 1.67. The zero-order valence-corrected chi connectivity index (χ0v) is 17.4. The molecule has 0 saturated carbocycles. The largest absolute Gasteiger partial charge is 0.381 e. The molecule has 5 nitrogen and oxygen atoms in total. The van der Waals surface area contributed by atoms with E-state index in [0.29, 0.717) is 5.92 Å². The van der Waals surface area contributed by atoms with Gasteiger partial charge < -0.3 is 19.7 Å². The van der Waals surface area contributed by atoms with Gasteiger partial charge in [0.05, 0.1) is 6.61 Å². The van der Waals surface area contributed by atoms with E-state index in [9.17, 15) is 0 Å². The average molecular weight is 424 g/mol. The molecule has 2 fully saturated rings. The number of hydrogen-bond acceptors (Lipinski definition) is 3. The van der Waals surface area contributed by atoms with Crippen LogP contribution in [0.4, 0.5) is 0 Å². The fourth-order valence-corrected chi connectivity index (χ4v) is 4.23. The van der Waals surface area contributed by atoms with Crippen LogP contribution in [0.2, 0.25) is 0 Å². The van der Waals surface area contributed by atoms with Gasteiger partial charge in [-0.2, -0.15) is 0 Å². The van der Waals surface area contributed by atoms with Crippen LogP contribution < -0.4 is 5.32 Å². The first-order valence-corrected chi connectivity index (χ1v) is 10.3. The van der Waals surface area contributed by atoms with Crippen molar-refractivity contribution in [2.24, 2.45) is 10.9 Å². The molecule has 1 aromatic carbocycles. The third kappa shape index (κ3) is 4.78. The Morgan fingerprint density at radius 3 is 2.58 bits per heavy atom. The van der Waals surface area contributed by atoms with E-state index in [0.717, 1.165) is 69.2 Å². The van der Waals surface area contributed by atoms with Crippen molar-refractivity contribution in [2.45, 2.75) is 24.7 Å². The molecule has 1 N–H and O–H groups in total. The van der Waals surface area contributed by atoms with Crippen LogP contribution in [0.25, 0.3) is 0 Å². The molecule has 0 radical (unpaired) electrons. The number of nitrogens with one attached hydrogen (secondary N) is 1. The Kier molecular flexibility index (Phi) is 6.95. The van der Waals surface area contributed by atoms with Crippen LogP contribution in [-0.4, -0.2) is 64.5 Å². The molecular weight excluding hydrogens is 394 g/mol. The predicted octanol–water partition coefficient (Wildman–Crippen LogP) is 3.04. The van der Waals surface area contributed by atoms with Crippen molar-refractivity contribution in [3.63, 3.8) is 0 Å². The Labute approximate surface area is 165 Å². The normalized spacial score (nSPS) is 23.0. The van der Waals surface area contributed by atoms with E-state index in [4.69, 9.17) is 9.47 Å². The lowest BCUT2D eigenvalue weighted by molar-refractivity contribution is 0.0512. The highest BCUT2D eigenvalue weighted by molar-refractivity contribution is 9.10. The van der Waals surface area contributed by atoms with E-state index in [2.05, 4.69) is 62.5 Å². The number of halogens is 1. The van der Waals surface area contributed by atoms with Crippen molar-refractivity contribution in [3.8, 4) is 0 Å². The molecule has 2 heterocycles. The lowest BCUT2D eigenvalue weighted by Crippen LogP contribution is -2.49. The second-order valence-electron chi connectivity index (χ2n) is 7.41. The Bertz CT molecular complexity index is 594. The molecule has 2 saturated heterocycles. The smallest absolute Gasteiger partial charge is 0.193 e. The van der Waals surface area contributed by atoms with Crippen molar-refractivity contribution < 1.29 is 9.47 Å². The van der Waals surface area contributed by atoms with E-state index in [1.54, 1.807) is 0 Å². The number of aliphatic imine (C=N–C) groups is 1. The summed E-state index contributed by atoms with van der Waals surface area (Å²) in [4.78, 5) is 6.74. The maximum absolute atomic E-state index is 5.65. The minimum Gasteiger partial charge on any atom is -0.381 e. The first kappa shape index (κ1) is 19.6. The van der Waals surface area contributed by atoms with Crippen molar-refractivity contribution in [1.82, 2.24) is 10.2 Å². The third-order valence-corrected chi connectivity index (χ3v) is 6.15. The number of hydrogen-bond donors (Lipinski definition) is 1. The summed E-state index contributed by atoms with van der Waals surface area (Å²) >= 11 is 3.54. The van der Waals surface area contributed by atoms with Crippen LogP contribution in [0, 0.1) is 5.92 Å². The molecule has 2 aliphatic heterocycles. The molecule has 0 bridgehead atoms. The van der Waals surface area contributed by atoms with Gasteiger partial charge in [0.1, 0.15) is 0 Å². The van der Waals surface area contributed by atoms with Gasteiger partial charge in [-0.1, -0.05) is 28.1 Å². The maximum Gasteiger partial charge on any atom is 0.193 e. The highest BCUT2D eigenvalue weighted by Gasteiger charge is 2.35. The molecule has 3 rings (SSSR count). The van der Waals surface area contributed by atoms with E-state index in [-0.39, 0.29) is 5.41 Å². The van der Waals surface area contributed by atoms with Crippen molar-refractivity contribution in [1.29, 1.82) is 0 Å². The Morgan fingerprint density at radius 1 is 1.23 bits per heavy atom. The highest BCUT2D eigenvalue weighted by atomic mass is 79.9. The molecular formula is C20H30BrN3O2. The van der Waals surface area contributed by atoms with Crippen LogP contribution in [0.5, 0.6) is 0 Å².